The number of nitrogens with zero attached hydrogens (tertiary/aromatic N) is 1. The van der Waals surface area contributed by atoms with Crippen molar-refractivity contribution in [2.45, 2.75) is 6.92 Å². The molecule has 5 heteroatoms. The van der Waals surface area contributed by atoms with Gasteiger partial charge in [0.25, 0.3) is 0 Å². The molecule has 1 aromatic rings. The molecule has 0 radical (unpaired) electrons. The first-order valence-electron chi connectivity index (χ1n) is 4.36. The number of carbonyl (C=O) groups excluding carboxylic acids is 1. The molecule has 0 saturated carbocycles. The Hall–Kier alpha value is -2.04. The van der Waals surface area contributed by atoms with Gasteiger partial charge in [-0.25, -0.2) is 9.79 Å². The summed E-state index contributed by atoms with van der Waals surface area (Å²) in [5.41, 5.74) is 0.195. The van der Waals surface area contributed by atoms with Crippen LogP contribution < -0.4 is 0 Å². The highest BCUT2D eigenvalue weighted by Crippen LogP contribution is 2.29. The molecule has 0 heterocycles. The van der Waals surface area contributed by atoms with Gasteiger partial charge >= 0.3 is 5.97 Å². The van der Waals surface area contributed by atoms with E-state index in [-0.39, 0.29) is 23.8 Å². The Morgan fingerprint density at radius 1 is 1.53 bits per heavy atom. The topological polar surface area (TPSA) is 79.1 Å². The summed E-state index contributed by atoms with van der Waals surface area (Å²) in [5, 5.41) is 18.3. The highest BCUT2D eigenvalue weighted by molar-refractivity contribution is 6.23. The van der Waals surface area contributed by atoms with Crippen LogP contribution in [-0.2, 0) is 9.53 Å². The number of rotatable bonds is 3. The average molecular weight is 209 g/mol. The second kappa shape index (κ2) is 4.99. The largest absolute Gasteiger partial charge is 0.508 e. The zero-order valence-corrected chi connectivity index (χ0v) is 8.17. The van der Waals surface area contributed by atoms with E-state index in [0.29, 0.717) is 0 Å². The maximum atomic E-state index is 10.9. The summed E-state index contributed by atoms with van der Waals surface area (Å²) in [6, 6.07) is 3.88. The molecule has 0 aliphatic rings. The minimum Gasteiger partial charge on any atom is -0.508 e. The molecule has 1 rings (SSSR count). The number of aliphatic imine (C=N–C) groups is 1. The molecule has 0 saturated heterocycles. The lowest BCUT2D eigenvalue weighted by atomic mass is 10.3. The number of ether oxygens (including phenoxy) is 1. The quantitative estimate of drug-likeness (QED) is 0.582. The Bertz CT molecular complexity index is 387. The van der Waals surface area contributed by atoms with Crippen LogP contribution in [0.25, 0.3) is 0 Å². The lowest BCUT2D eigenvalue weighted by molar-refractivity contribution is -0.134. The van der Waals surface area contributed by atoms with Crippen molar-refractivity contribution in [3.05, 3.63) is 18.2 Å². The molecule has 0 bridgehead atoms. The second-order valence-electron chi connectivity index (χ2n) is 2.68. The third-order valence-electron chi connectivity index (χ3n) is 1.55. The third-order valence-corrected chi connectivity index (χ3v) is 1.55. The van der Waals surface area contributed by atoms with E-state index in [9.17, 15) is 9.90 Å². The summed E-state index contributed by atoms with van der Waals surface area (Å²) < 4.78 is 4.61. The fourth-order valence-electron chi connectivity index (χ4n) is 0.923. The molecular formula is C10H11NO4. The second-order valence-corrected chi connectivity index (χ2v) is 2.68. The van der Waals surface area contributed by atoms with Gasteiger partial charge < -0.3 is 14.9 Å². The van der Waals surface area contributed by atoms with E-state index < -0.39 is 5.97 Å². The molecule has 0 aromatic heterocycles. The molecule has 0 fully saturated rings. The summed E-state index contributed by atoms with van der Waals surface area (Å²) in [6.45, 7) is 1.95. The smallest absolute Gasteiger partial charge is 0.349 e. The minimum atomic E-state index is -0.579. The number of benzene rings is 1. The van der Waals surface area contributed by atoms with E-state index in [2.05, 4.69) is 9.73 Å². The Balaban J connectivity index is 2.76. The van der Waals surface area contributed by atoms with E-state index in [0.717, 1.165) is 12.3 Å². The van der Waals surface area contributed by atoms with Crippen LogP contribution in [0, 0.1) is 0 Å². The van der Waals surface area contributed by atoms with Crippen LogP contribution >= 0.6 is 0 Å². The maximum Gasteiger partial charge on any atom is 0.349 e. The lowest BCUT2D eigenvalue weighted by Gasteiger charge is -1.99. The molecule has 0 atom stereocenters. The Morgan fingerprint density at radius 3 is 2.87 bits per heavy atom. The molecule has 0 aliphatic heterocycles. The predicted octanol–water partition coefficient (Wildman–Crippen LogP) is 1.36. The summed E-state index contributed by atoms with van der Waals surface area (Å²) >= 11 is 0. The van der Waals surface area contributed by atoms with Gasteiger partial charge in [0.2, 0.25) is 0 Å². The molecule has 80 valence electrons. The number of esters is 1. The molecule has 0 spiro atoms. The van der Waals surface area contributed by atoms with E-state index in [1.54, 1.807) is 6.92 Å². The predicted molar refractivity (Wildman–Crippen MR) is 54.6 cm³/mol. The van der Waals surface area contributed by atoms with Crippen LogP contribution in [0.5, 0.6) is 11.5 Å². The van der Waals surface area contributed by atoms with Gasteiger partial charge in [0, 0.05) is 6.07 Å². The zero-order valence-electron chi connectivity index (χ0n) is 8.17. The number of phenolic OH excluding ortho intramolecular Hbond substituents is 2. The first kappa shape index (κ1) is 11.0. The van der Waals surface area contributed by atoms with Crippen molar-refractivity contribution in [2.75, 3.05) is 6.61 Å². The van der Waals surface area contributed by atoms with Crippen LogP contribution in [0.3, 0.4) is 0 Å². The number of hydrogen-bond donors (Lipinski definition) is 2. The average Bonchev–Trinajstić information content (AvgIpc) is 2.17. The van der Waals surface area contributed by atoms with Gasteiger partial charge in [0.15, 0.2) is 0 Å². The van der Waals surface area contributed by atoms with Gasteiger partial charge in [-0.3, -0.25) is 0 Å². The minimum absolute atomic E-state index is 0.0671. The molecule has 5 nitrogen and oxygen atoms in total. The van der Waals surface area contributed by atoms with Crippen LogP contribution in [0.1, 0.15) is 6.92 Å². The third kappa shape index (κ3) is 3.30. The number of hydrogen-bond acceptors (Lipinski definition) is 5. The normalized spacial score (nSPS) is 10.5. The van der Waals surface area contributed by atoms with Crippen molar-refractivity contribution in [1.82, 2.24) is 0 Å². The van der Waals surface area contributed by atoms with Gasteiger partial charge in [0.05, 0.1) is 6.61 Å². The molecular weight excluding hydrogens is 198 g/mol. The monoisotopic (exact) mass is 209 g/mol. The fourth-order valence-corrected chi connectivity index (χ4v) is 0.923. The van der Waals surface area contributed by atoms with Crippen molar-refractivity contribution in [2.24, 2.45) is 4.99 Å². The van der Waals surface area contributed by atoms with E-state index in [1.807, 2.05) is 0 Å². The Labute approximate surface area is 86.7 Å². The van der Waals surface area contributed by atoms with Gasteiger partial charge in [0.1, 0.15) is 23.4 Å². The van der Waals surface area contributed by atoms with E-state index in [1.165, 1.54) is 12.1 Å². The van der Waals surface area contributed by atoms with Crippen LogP contribution in [0.15, 0.2) is 23.2 Å². The molecule has 2 N–H and O–H groups in total. The molecule has 1 aromatic carbocycles. The summed E-state index contributed by atoms with van der Waals surface area (Å²) in [6.07, 6.45) is 0.968. The highest BCUT2D eigenvalue weighted by atomic mass is 16.5. The Kier molecular flexibility index (Phi) is 3.68. The molecule has 0 amide bonds. The van der Waals surface area contributed by atoms with Gasteiger partial charge in [-0.15, -0.1) is 0 Å². The van der Waals surface area contributed by atoms with E-state index >= 15 is 0 Å². The number of carbonyl (C=O) groups is 1. The SMILES string of the molecule is CCOC(=O)C=Nc1ccc(O)cc1O. The Morgan fingerprint density at radius 2 is 2.27 bits per heavy atom. The van der Waals surface area contributed by atoms with E-state index in [4.69, 9.17) is 5.11 Å². The standard InChI is InChI=1S/C10H11NO4/c1-2-15-10(14)6-11-8-4-3-7(12)5-9(8)13/h3-6,12-13H,2H2,1H3. The van der Waals surface area contributed by atoms with Crippen LogP contribution in [-0.4, -0.2) is 29.0 Å². The van der Waals surface area contributed by atoms with Gasteiger partial charge in [-0.1, -0.05) is 0 Å². The van der Waals surface area contributed by atoms with Crippen molar-refractivity contribution in [3.63, 3.8) is 0 Å². The van der Waals surface area contributed by atoms with Crippen molar-refractivity contribution < 1.29 is 19.7 Å². The van der Waals surface area contributed by atoms with Crippen LogP contribution in [0.4, 0.5) is 5.69 Å². The molecule has 15 heavy (non-hydrogen) atoms. The van der Waals surface area contributed by atoms with Crippen molar-refractivity contribution >= 4 is 17.9 Å². The van der Waals surface area contributed by atoms with Gasteiger partial charge in [-0.2, -0.15) is 0 Å². The number of aromatic hydroxyl groups is 2. The summed E-state index contributed by atoms with van der Waals surface area (Å²) in [5.74, 6) is -0.844. The maximum absolute atomic E-state index is 10.9. The summed E-state index contributed by atoms with van der Waals surface area (Å²) in [7, 11) is 0. The van der Waals surface area contributed by atoms with Crippen LogP contribution in [0.2, 0.25) is 0 Å². The highest BCUT2D eigenvalue weighted by Gasteiger charge is 2.01. The van der Waals surface area contributed by atoms with Crippen molar-refractivity contribution in [3.8, 4) is 11.5 Å². The zero-order chi connectivity index (χ0) is 11.3. The first-order valence-corrected chi connectivity index (χ1v) is 4.36. The van der Waals surface area contributed by atoms with Gasteiger partial charge in [-0.05, 0) is 19.1 Å². The fraction of sp³-hybridized carbons (Fsp3) is 0.200. The summed E-state index contributed by atoms with van der Waals surface area (Å²) in [4.78, 5) is 14.6. The molecule has 0 unspecified atom stereocenters. The molecule has 0 aliphatic carbocycles. The van der Waals surface area contributed by atoms with Crippen molar-refractivity contribution in [1.29, 1.82) is 0 Å². The lowest BCUT2D eigenvalue weighted by Crippen LogP contribution is -2.04. The first-order chi connectivity index (χ1) is 7.13. The number of phenols is 2.